The summed E-state index contributed by atoms with van der Waals surface area (Å²) in [5, 5.41) is 2.95. The zero-order valence-electron chi connectivity index (χ0n) is 13.5. The van der Waals surface area contributed by atoms with E-state index in [0.717, 1.165) is 18.8 Å². The predicted molar refractivity (Wildman–Crippen MR) is 89.3 cm³/mol. The Labute approximate surface area is 136 Å². The van der Waals surface area contributed by atoms with Crippen LogP contribution in [-0.4, -0.2) is 56.0 Å². The van der Waals surface area contributed by atoms with Gasteiger partial charge in [0.2, 0.25) is 5.91 Å². The number of likely N-dealkylation sites (tertiary alicyclic amines) is 1. The predicted octanol–water partition coefficient (Wildman–Crippen LogP) is 0.432. The van der Waals surface area contributed by atoms with Crippen LogP contribution in [0.15, 0.2) is 24.3 Å². The third-order valence-corrected chi connectivity index (χ3v) is 4.79. The first-order valence-corrected chi connectivity index (χ1v) is 8.18. The molecule has 2 fully saturated rings. The number of hydrogen-bond donors (Lipinski definition) is 2. The quantitative estimate of drug-likeness (QED) is 0.844. The maximum Gasteiger partial charge on any atom is 0.251 e. The second-order valence-electron chi connectivity index (χ2n) is 6.55. The summed E-state index contributed by atoms with van der Waals surface area (Å²) >= 11 is 0. The molecule has 6 nitrogen and oxygen atoms in total. The van der Waals surface area contributed by atoms with E-state index in [1.54, 1.807) is 0 Å². The average Bonchev–Trinajstić information content (AvgIpc) is 3.17. The van der Waals surface area contributed by atoms with Crippen molar-refractivity contribution in [3.8, 4) is 0 Å². The first-order chi connectivity index (χ1) is 11.0. The standard InChI is InChI=1S/C17H24N4O2/c1-20-10-14(16(18)22)15(11-20)19-17(23)12-4-6-13(7-5-12)21-8-2-3-9-21/h4-7,14-15H,2-3,8-11H2,1H3,(H2,18,22)(H,19,23)/t14-,15+/m1/s1. The van der Waals surface area contributed by atoms with Crippen LogP contribution < -0.4 is 16.0 Å². The van der Waals surface area contributed by atoms with E-state index >= 15 is 0 Å². The van der Waals surface area contributed by atoms with E-state index < -0.39 is 0 Å². The fourth-order valence-corrected chi connectivity index (χ4v) is 3.49. The van der Waals surface area contributed by atoms with Gasteiger partial charge in [-0.25, -0.2) is 0 Å². The SMILES string of the molecule is CN1C[C@H](NC(=O)c2ccc(N3CCCC3)cc2)[C@H](C(N)=O)C1. The Morgan fingerprint density at radius 2 is 1.78 bits per heavy atom. The van der Waals surface area contributed by atoms with Gasteiger partial charge in [-0.15, -0.1) is 0 Å². The maximum atomic E-state index is 12.4. The minimum Gasteiger partial charge on any atom is -0.372 e. The van der Waals surface area contributed by atoms with Crippen molar-refractivity contribution in [2.75, 3.05) is 38.1 Å². The Balaban J connectivity index is 1.64. The molecule has 2 heterocycles. The molecule has 23 heavy (non-hydrogen) atoms. The molecule has 3 N–H and O–H groups in total. The molecule has 0 aromatic heterocycles. The molecule has 0 bridgehead atoms. The number of likely N-dealkylation sites (N-methyl/N-ethyl adjacent to an activating group) is 1. The zero-order chi connectivity index (χ0) is 16.4. The van der Waals surface area contributed by atoms with E-state index in [-0.39, 0.29) is 23.8 Å². The summed E-state index contributed by atoms with van der Waals surface area (Å²) in [6.45, 7) is 3.40. The number of hydrogen-bond acceptors (Lipinski definition) is 4. The van der Waals surface area contributed by atoms with Gasteiger partial charge in [-0.1, -0.05) is 0 Å². The van der Waals surface area contributed by atoms with Gasteiger partial charge < -0.3 is 20.9 Å². The molecule has 0 saturated carbocycles. The number of benzene rings is 1. The Bertz CT molecular complexity index is 581. The molecule has 2 aliphatic heterocycles. The monoisotopic (exact) mass is 316 g/mol. The molecule has 2 atom stereocenters. The van der Waals surface area contributed by atoms with Crippen LogP contribution in [0.5, 0.6) is 0 Å². The topological polar surface area (TPSA) is 78.7 Å². The molecular weight excluding hydrogens is 292 g/mol. The molecule has 0 aliphatic carbocycles. The third kappa shape index (κ3) is 3.47. The van der Waals surface area contributed by atoms with Gasteiger partial charge in [0.15, 0.2) is 0 Å². The number of carbonyl (C=O) groups is 2. The third-order valence-electron chi connectivity index (χ3n) is 4.79. The van der Waals surface area contributed by atoms with Crippen LogP contribution in [-0.2, 0) is 4.79 Å². The van der Waals surface area contributed by atoms with Crippen LogP contribution in [0.3, 0.4) is 0 Å². The number of primary amides is 1. The number of carbonyl (C=O) groups excluding carboxylic acids is 2. The molecule has 0 unspecified atom stereocenters. The molecule has 1 aromatic carbocycles. The highest BCUT2D eigenvalue weighted by atomic mass is 16.2. The zero-order valence-corrected chi connectivity index (χ0v) is 13.5. The van der Waals surface area contributed by atoms with E-state index in [1.165, 1.54) is 12.8 Å². The molecule has 2 amide bonds. The number of anilines is 1. The van der Waals surface area contributed by atoms with Crippen molar-refractivity contribution >= 4 is 17.5 Å². The van der Waals surface area contributed by atoms with Crippen LogP contribution >= 0.6 is 0 Å². The largest absolute Gasteiger partial charge is 0.372 e. The van der Waals surface area contributed by atoms with Gasteiger partial charge in [-0.2, -0.15) is 0 Å². The maximum absolute atomic E-state index is 12.4. The van der Waals surface area contributed by atoms with Crippen molar-refractivity contribution in [1.29, 1.82) is 0 Å². The summed E-state index contributed by atoms with van der Waals surface area (Å²) in [6, 6.07) is 7.46. The fraction of sp³-hybridized carbons (Fsp3) is 0.529. The summed E-state index contributed by atoms with van der Waals surface area (Å²) in [4.78, 5) is 28.3. The van der Waals surface area contributed by atoms with Crippen LogP contribution in [0.1, 0.15) is 23.2 Å². The van der Waals surface area contributed by atoms with Crippen molar-refractivity contribution in [1.82, 2.24) is 10.2 Å². The van der Waals surface area contributed by atoms with E-state index in [9.17, 15) is 9.59 Å². The van der Waals surface area contributed by atoms with Gasteiger partial charge >= 0.3 is 0 Å². The summed E-state index contributed by atoms with van der Waals surface area (Å²) in [7, 11) is 1.92. The lowest BCUT2D eigenvalue weighted by molar-refractivity contribution is -0.121. The highest BCUT2D eigenvalue weighted by molar-refractivity contribution is 5.95. The molecule has 124 valence electrons. The Morgan fingerprint density at radius 3 is 2.39 bits per heavy atom. The van der Waals surface area contributed by atoms with Gasteiger partial charge in [0.1, 0.15) is 0 Å². The molecule has 6 heteroatoms. The number of rotatable bonds is 4. The van der Waals surface area contributed by atoms with Crippen molar-refractivity contribution in [3.05, 3.63) is 29.8 Å². The molecule has 0 spiro atoms. The first-order valence-electron chi connectivity index (χ1n) is 8.18. The smallest absolute Gasteiger partial charge is 0.251 e. The molecular formula is C17H24N4O2. The second-order valence-corrected chi connectivity index (χ2v) is 6.55. The average molecular weight is 316 g/mol. The molecule has 1 aromatic rings. The van der Waals surface area contributed by atoms with Gasteiger partial charge in [-0.05, 0) is 44.2 Å². The number of amides is 2. The lowest BCUT2D eigenvalue weighted by atomic mass is 10.0. The van der Waals surface area contributed by atoms with Crippen molar-refractivity contribution in [2.24, 2.45) is 11.7 Å². The van der Waals surface area contributed by atoms with Crippen LogP contribution in [0, 0.1) is 5.92 Å². The number of nitrogens with zero attached hydrogens (tertiary/aromatic N) is 2. The fourth-order valence-electron chi connectivity index (χ4n) is 3.49. The van der Waals surface area contributed by atoms with E-state index in [1.807, 2.05) is 36.2 Å². The van der Waals surface area contributed by atoms with Crippen molar-refractivity contribution in [2.45, 2.75) is 18.9 Å². The van der Waals surface area contributed by atoms with E-state index in [2.05, 4.69) is 10.2 Å². The second kappa shape index (κ2) is 6.58. The van der Waals surface area contributed by atoms with Gasteiger partial charge in [0, 0.05) is 37.4 Å². The van der Waals surface area contributed by atoms with Crippen molar-refractivity contribution in [3.63, 3.8) is 0 Å². The summed E-state index contributed by atoms with van der Waals surface area (Å²) in [6.07, 6.45) is 2.46. The minimum atomic E-state index is -0.357. The Hall–Kier alpha value is -2.08. The van der Waals surface area contributed by atoms with Crippen LogP contribution in [0.4, 0.5) is 5.69 Å². The summed E-state index contributed by atoms with van der Waals surface area (Å²) in [5.41, 5.74) is 7.21. The minimum absolute atomic E-state index is 0.149. The Kier molecular flexibility index (Phi) is 4.52. The van der Waals surface area contributed by atoms with Crippen LogP contribution in [0.2, 0.25) is 0 Å². The molecule has 0 radical (unpaired) electrons. The first kappa shape index (κ1) is 15.8. The summed E-state index contributed by atoms with van der Waals surface area (Å²) in [5.74, 6) is -0.832. The number of nitrogens with two attached hydrogens (primary N) is 1. The van der Waals surface area contributed by atoms with E-state index in [4.69, 9.17) is 5.73 Å². The molecule has 2 aliphatic rings. The Morgan fingerprint density at radius 1 is 1.13 bits per heavy atom. The number of nitrogens with one attached hydrogen (secondary N) is 1. The lowest BCUT2D eigenvalue weighted by Crippen LogP contribution is -2.44. The van der Waals surface area contributed by atoms with Crippen molar-refractivity contribution < 1.29 is 9.59 Å². The van der Waals surface area contributed by atoms with Gasteiger partial charge in [-0.3, -0.25) is 9.59 Å². The highest BCUT2D eigenvalue weighted by Crippen LogP contribution is 2.21. The van der Waals surface area contributed by atoms with E-state index in [0.29, 0.717) is 18.7 Å². The molecule has 2 saturated heterocycles. The summed E-state index contributed by atoms with van der Waals surface area (Å²) < 4.78 is 0. The van der Waals surface area contributed by atoms with Crippen LogP contribution in [0.25, 0.3) is 0 Å². The molecule has 3 rings (SSSR count). The van der Waals surface area contributed by atoms with Gasteiger partial charge in [0.25, 0.3) is 5.91 Å². The normalized spacial score (nSPS) is 24.8. The lowest BCUT2D eigenvalue weighted by Gasteiger charge is -2.19. The highest BCUT2D eigenvalue weighted by Gasteiger charge is 2.35. The van der Waals surface area contributed by atoms with Gasteiger partial charge in [0.05, 0.1) is 12.0 Å².